The summed E-state index contributed by atoms with van der Waals surface area (Å²) in [5.74, 6) is 0.470. The fourth-order valence-electron chi connectivity index (χ4n) is 3.44. The van der Waals surface area contributed by atoms with Gasteiger partial charge in [-0.15, -0.1) is 0 Å². The molecular formula is C18H19NO7. The zero-order chi connectivity index (χ0) is 18.3. The number of morpholine rings is 1. The molecule has 3 aliphatic rings. The standard InChI is InChI=1S/C18H19NO7/c1-10-11(6-13(21)19-2-4-23-5-3-19)8-24-16-12(7-20)15(22)18-17(14(10)16)25-9-26-18/h7,22H,2-6,8-9H2,1H3. The highest BCUT2D eigenvalue weighted by molar-refractivity contribution is 5.95. The third-order valence-electron chi connectivity index (χ3n) is 4.92. The van der Waals surface area contributed by atoms with E-state index in [0.29, 0.717) is 43.9 Å². The summed E-state index contributed by atoms with van der Waals surface area (Å²) in [6.07, 6.45) is 0.755. The number of nitrogens with zero attached hydrogens (tertiary/aromatic N) is 1. The van der Waals surface area contributed by atoms with Crippen LogP contribution in [0.2, 0.25) is 0 Å². The number of ether oxygens (including phenoxy) is 4. The van der Waals surface area contributed by atoms with Gasteiger partial charge in [-0.3, -0.25) is 9.59 Å². The molecule has 0 spiro atoms. The molecule has 0 aliphatic carbocycles. The van der Waals surface area contributed by atoms with Crippen molar-refractivity contribution < 1.29 is 33.6 Å². The monoisotopic (exact) mass is 361 g/mol. The van der Waals surface area contributed by atoms with E-state index in [4.69, 9.17) is 18.9 Å². The summed E-state index contributed by atoms with van der Waals surface area (Å²) in [5, 5.41) is 10.2. The van der Waals surface area contributed by atoms with Crippen LogP contribution in [0.25, 0.3) is 5.57 Å². The molecule has 1 aromatic carbocycles. The molecule has 4 rings (SSSR count). The van der Waals surface area contributed by atoms with E-state index < -0.39 is 0 Å². The predicted octanol–water partition coefficient (Wildman–Crippen LogP) is 1.35. The molecule has 0 aromatic heterocycles. The van der Waals surface area contributed by atoms with Crippen molar-refractivity contribution >= 4 is 17.8 Å². The van der Waals surface area contributed by atoms with Crippen LogP contribution in [0.15, 0.2) is 5.57 Å². The molecule has 1 fully saturated rings. The van der Waals surface area contributed by atoms with Crippen LogP contribution in [-0.4, -0.2) is 61.9 Å². The number of rotatable bonds is 3. The van der Waals surface area contributed by atoms with E-state index in [1.807, 2.05) is 6.92 Å². The summed E-state index contributed by atoms with van der Waals surface area (Å²) in [7, 11) is 0. The second-order valence-corrected chi connectivity index (χ2v) is 6.34. The smallest absolute Gasteiger partial charge is 0.231 e. The van der Waals surface area contributed by atoms with Gasteiger partial charge in [-0.1, -0.05) is 0 Å². The number of allylic oxidation sites excluding steroid dienone is 1. The van der Waals surface area contributed by atoms with Gasteiger partial charge in [0.15, 0.2) is 17.8 Å². The minimum absolute atomic E-state index is 0.0119. The second kappa shape index (κ2) is 6.53. The molecule has 138 valence electrons. The SMILES string of the molecule is CC1=C(CC(=O)N2CCOCC2)COc2c(C=O)c(O)c3c(c21)OCO3. The first-order chi connectivity index (χ1) is 12.6. The summed E-state index contributed by atoms with van der Waals surface area (Å²) in [6.45, 7) is 4.24. The Hall–Kier alpha value is -2.74. The molecule has 1 amide bonds. The first-order valence-corrected chi connectivity index (χ1v) is 8.42. The third-order valence-corrected chi connectivity index (χ3v) is 4.92. The highest BCUT2D eigenvalue weighted by Gasteiger charge is 2.34. The van der Waals surface area contributed by atoms with Gasteiger partial charge < -0.3 is 29.0 Å². The molecule has 0 saturated carbocycles. The van der Waals surface area contributed by atoms with Crippen molar-refractivity contribution in [3.8, 4) is 23.0 Å². The number of carbonyl (C=O) groups is 2. The van der Waals surface area contributed by atoms with Crippen LogP contribution in [0, 0.1) is 0 Å². The normalized spacial score (nSPS) is 18.4. The minimum atomic E-state index is -0.285. The number of carbonyl (C=O) groups excluding carboxylic acids is 2. The fraction of sp³-hybridized carbons (Fsp3) is 0.444. The van der Waals surface area contributed by atoms with Gasteiger partial charge in [0, 0.05) is 13.1 Å². The third kappa shape index (κ3) is 2.57. The summed E-state index contributed by atoms with van der Waals surface area (Å²) in [4.78, 5) is 25.8. The van der Waals surface area contributed by atoms with Crippen LogP contribution in [-0.2, 0) is 9.53 Å². The average molecular weight is 361 g/mol. The molecule has 1 N–H and O–H groups in total. The van der Waals surface area contributed by atoms with Crippen LogP contribution < -0.4 is 14.2 Å². The Morgan fingerprint density at radius 3 is 2.62 bits per heavy atom. The summed E-state index contributed by atoms with van der Waals surface area (Å²) in [6, 6.07) is 0. The maximum Gasteiger partial charge on any atom is 0.231 e. The molecule has 0 atom stereocenters. The molecule has 0 bridgehead atoms. The lowest BCUT2D eigenvalue weighted by Crippen LogP contribution is -2.41. The predicted molar refractivity (Wildman–Crippen MR) is 89.7 cm³/mol. The number of aromatic hydroxyl groups is 1. The summed E-state index contributed by atoms with van der Waals surface area (Å²) in [5.41, 5.74) is 2.21. The lowest BCUT2D eigenvalue weighted by atomic mass is 9.92. The van der Waals surface area contributed by atoms with E-state index in [1.54, 1.807) is 4.90 Å². The van der Waals surface area contributed by atoms with Crippen molar-refractivity contribution in [2.45, 2.75) is 13.3 Å². The van der Waals surface area contributed by atoms with Crippen LogP contribution in [0.5, 0.6) is 23.0 Å². The van der Waals surface area contributed by atoms with Crippen molar-refractivity contribution in [3.05, 3.63) is 16.7 Å². The van der Waals surface area contributed by atoms with Crippen LogP contribution in [0.4, 0.5) is 0 Å². The van der Waals surface area contributed by atoms with Crippen molar-refractivity contribution in [1.82, 2.24) is 4.90 Å². The van der Waals surface area contributed by atoms with Crippen LogP contribution in [0.1, 0.15) is 29.3 Å². The van der Waals surface area contributed by atoms with E-state index in [-0.39, 0.29) is 48.5 Å². The maximum atomic E-state index is 12.6. The van der Waals surface area contributed by atoms with Gasteiger partial charge in [0.2, 0.25) is 18.4 Å². The fourth-order valence-corrected chi connectivity index (χ4v) is 3.44. The average Bonchev–Trinajstić information content (AvgIpc) is 3.15. The van der Waals surface area contributed by atoms with Crippen molar-refractivity contribution in [3.63, 3.8) is 0 Å². The van der Waals surface area contributed by atoms with Crippen molar-refractivity contribution in [2.24, 2.45) is 0 Å². The molecule has 1 saturated heterocycles. The maximum absolute atomic E-state index is 12.6. The molecule has 8 nitrogen and oxygen atoms in total. The Morgan fingerprint density at radius 1 is 1.15 bits per heavy atom. The van der Waals surface area contributed by atoms with Gasteiger partial charge in [0.1, 0.15) is 17.9 Å². The molecule has 8 heteroatoms. The van der Waals surface area contributed by atoms with E-state index >= 15 is 0 Å². The van der Waals surface area contributed by atoms with Gasteiger partial charge in [0.25, 0.3) is 0 Å². The number of phenols is 1. The topological polar surface area (TPSA) is 94.5 Å². The molecular weight excluding hydrogens is 342 g/mol. The quantitative estimate of drug-likeness (QED) is 0.812. The highest BCUT2D eigenvalue weighted by Crippen LogP contribution is 2.54. The molecule has 1 aromatic rings. The number of aldehydes is 1. The van der Waals surface area contributed by atoms with Gasteiger partial charge in [-0.25, -0.2) is 0 Å². The summed E-state index contributed by atoms with van der Waals surface area (Å²) >= 11 is 0. The highest BCUT2D eigenvalue weighted by atomic mass is 16.7. The molecule has 3 aliphatic heterocycles. The molecule has 0 unspecified atom stereocenters. The zero-order valence-electron chi connectivity index (χ0n) is 14.4. The van der Waals surface area contributed by atoms with Crippen molar-refractivity contribution in [1.29, 1.82) is 0 Å². The minimum Gasteiger partial charge on any atom is -0.504 e. The summed E-state index contributed by atoms with van der Waals surface area (Å²) < 4.78 is 21.8. The Kier molecular flexibility index (Phi) is 4.20. The first kappa shape index (κ1) is 16.7. The van der Waals surface area contributed by atoms with E-state index in [1.165, 1.54) is 0 Å². The molecule has 26 heavy (non-hydrogen) atoms. The van der Waals surface area contributed by atoms with E-state index in [0.717, 1.165) is 11.1 Å². The number of fused-ring (bicyclic) bond motifs is 3. The first-order valence-electron chi connectivity index (χ1n) is 8.42. The number of amides is 1. The Morgan fingerprint density at radius 2 is 1.88 bits per heavy atom. The Bertz CT molecular complexity index is 808. The van der Waals surface area contributed by atoms with E-state index in [9.17, 15) is 14.7 Å². The van der Waals surface area contributed by atoms with Gasteiger partial charge in [-0.2, -0.15) is 0 Å². The lowest BCUT2D eigenvalue weighted by Gasteiger charge is -2.29. The molecule has 0 radical (unpaired) electrons. The Labute approximate surface area is 149 Å². The largest absolute Gasteiger partial charge is 0.504 e. The number of hydrogen-bond acceptors (Lipinski definition) is 7. The zero-order valence-corrected chi connectivity index (χ0v) is 14.4. The van der Waals surface area contributed by atoms with Gasteiger partial charge in [0.05, 0.1) is 25.2 Å². The lowest BCUT2D eigenvalue weighted by molar-refractivity contribution is -0.134. The number of benzene rings is 1. The van der Waals surface area contributed by atoms with Crippen LogP contribution in [0.3, 0.4) is 0 Å². The number of phenolic OH excluding ortho intramolecular Hbond substituents is 1. The number of hydrogen-bond donors (Lipinski definition) is 1. The van der Waals surface area contributed by atoms with Gasteiger partial charge >= 0.3 is 0 Å². The van der Waals surface area contributed by atoms with Gasteiger partial charge in [-0.05, 0) is 18.1 Å². The second-order valence-electron chi connectivity index (χ2n) is 6.34. The van der Waals surface area contributed by atoms with E-state index in [2.05, 4.69) is 0 Å². The Balaban J connectivity index is 1.71. The van der Waals surface area contributed by atoms with Crippen molar-refractivity contribution in [2.75, 3.05) is 39.7 Å². The van der Waals surface area contributed by atoms with Crippen LogP contribution >= 0.6 is 0 Å². The molecule has 3 heterocycles.